The number of aromatic nitrogens is 3. The lowest BCUT2D eigenvalue weighted by atomic mass is 10.2. The van der Waals surface area contributed by atoms with Crippen molar-refractivity contribution < 1.29 is 4.79 Å². The normalized spacial score (nSPS) is 12.3. The molecule has 1 rings (SSSR count). The molecule has 1 heterocycles. The number of H-pyrrole nitrogens is 1. The number of allylic oxidation sites excluding steroid dienone is 3. The zero-order valence-electron chi connectivity index (χ0n) is 12.4. The fourth-order valence-corrected chi connectivity index (χ4v) is 2.18. The number of carbonyl (C=O) groups is 1. The van der Waals surface area contributed by atoms with Crippen LogP contribution in [0.1, 0.15) is 46.0 Å². The lowest BCUT2D eigenvalue weighted by molar-refractivity contribution is -0.116. The lowest BCUT2D eigenvalue weighted by Gasteiger charge is -2.10. The molecule has 0 unspecified atom stereocenters. The molecule has 0 saturated carbocycles. The van der Waals surface area contributed by atoms with Crippen molar-refractivity contribution in [2.45, 2.75) is 46.7 Å². The maximum atomic E-state index is 11.7. The van der Waals surface area contributed by atoms with Crippen LogP contribution in [0.25, 0.3) is 0 Å². The van der Waals surface area contributed by atoms with Gasteiger partial charge in [0.2, 0.25) is 5.91 Å². The lowest BCUT2D eigenvalue weighted by Crippen LogP contribution is -2.23. The van der Waals surface area contributed by atoms with Gasteiger partial charge in [-0.05, 0) is 39.4 Å². The largest absolute Gasteiger partial charge is 0.345 e. The summed E-state index contributed by atoms with van der Waals surface area (Å²) in [6.45, 7) is 8.41. The van der Waals surface area contributed by atoms with E-state index >= 15 is 0 Å². The highest BCUT2D eigenvalue weighted by Gasteiger charge is 2.09. The molecule has 0 aliphatic heterocycles. The van der Waals surface area contributed by atoms with Crippen LogP contribution in [0, 0.1) is 4.77 Å². The van der Waals surface area contributed by atoms with Crippen molar-refractivity contribution in [2.75, 3.05) is 0 Å². The highest BCUT2D eigenvalue weighted by Crippen LogP contribution is 2.08. The Morgan fingerprint density at radius 3 is 2.75 bits per heavy atom. The zero-order chi connectivity index (χ0) is 15.1. The van der Waals surface area contributed by atoms with E-state index in [1.165, 1.54) is 0 Å². The minimum atomic E-state index is -0.137. The topological polar surface area (TPSA) is 62.7 Å². The summed E-state index contributed by atoms with van der Waals surface area (Å²) < 4.78 is 2.46. The minimum Gasteiger partial charge on any atom is -0.345 e. The molecule has 1 aromatic rings. The summed E-state index contributed by atoms with van der Waals surface area (Å²) in [5.74, 6) is 0.593. The third-order valence-electron chi connectivity index (χ3n) is 2.94. The summed E-state index contributed by atoms with van der Waals surface area (Å²) in [6, 6.07) is 0.207. The van der Waals surface area contributed by atoms with E-state index in [1.807, 2.05) is 37.5 Å². The molecule has 20 heavy (non-hydrogen) atoms. The molecule has 1 amide bonds. The molecule has 0 spiro atoms. The van der Waals surface area contributed by atoms with Crippen LogP contribution in [0.15, 0.2) is 23.8 Å². The fraction of sp³-hybridized carbons (Fsp3) is 0.500. The second-order valence-corrected chi connectivity index (χ2v) is 5.06. The van der Waals surface area contributed by atoms with E-state index in [2.05, 4.69) is 22.4 Å². The number of hydrogen-bond acceptors (Lipinski definition) is 3. The van der Waals surface area contributed by atoms with Gasteiger partial charge in [0.1, 0.15) is 0 Å². The van der Waals surface area contributed by atoms with Gasteiger partial charge < -0.3 is 9.88 Å². The average molecular weight is 294 g/mol. The van der Waals surface area contributed by atoms with Crippen molar-refractivity contribution in [3.05, 3.63) is 34.4 Å². The van der Waals surface area contributed by atoms with Crippen LogP contribution in [0.3, 0.4) is 0 Å². The van der Waals surface area contributed by atoms with E-state index in [0.29, 0.717) is 11.3 Å². The SMILES string of the molecule is C/C=C(\C=C\C(=O)NCc1n[nH]c(=S)n1C(C)C)CC. The third kappa shape index (κ3) is 4.45. The van der Waals surface area contributed by atoms with Gasteiger partial charge in [-0.25, -0.2) is 0 Å². The van der Waals surface area contributed by atoms with E-state index in [0.717, 1.165) is 17.8 Å². The Balaban J connectivity index is 2.64. The van der Waals surface area contributed by atoms with Crippen molar-refractivity contribution in [3.63, 3.8) is 0 Å². The molecule has 0 atom stereocenters. The Morgan fingerprint density at radius 2 is 2.20 bits per heavy atom. The second kappa shape index (κ2) is 7.79. The van der Waals surface area contributed by atoms with Gasteiger partial charge in [0.25, 0.3) is 0 Å². The van der Waals surface area contributed by atoms with Gasteiger partial charge in [0.15, 0.2) is 10.6 Å². The molecule has 6 heteroatoms. The van der Waals surface area contributed by atoms with E-state index in [4.69, 9.17) is 12.2 Å². The Kier molecular flexibility index (Phi) is 6.38. The van der Waals surface area contributed by atoms with Crippen LogP contribution in [-0.4, -0.2) is 20.7 Å². The van der Waals surface area contributed by atoms with E-state index in [1.54, 1.807) is 6.08 Å². The first kappa shape index (κ1) is 16.4. The molecule has 0 aliphatic rings. The fourth-order valence-electron chi connectivity index (χ4n) is 1.82. The second-order valence-electron chi connectivity index (χ2n) is 4.68. The summed E-state index contributed by atoms with van der Waals surface area (Å²) in [5, 5.41) is 9.69. The first-order valence-corrected chi connectivity index (χ1v) is 7.17. The number of rotatable bonds is 6. The highest BCUT2D eigenvalue weighted by molar-refractivity contribution is 7.71. The van der Waals surface area contributed by atoms with Crippen molar-refractivity contribution in [1.29, 1.82) is 0 Å². The predicted octanol–water partition coefficient (Wildman–Crippen LogP) is 3.05. The van der Waals surface area contributed by atoms with E-state index in [-0.39, 0.29) is 11.9 Å². The Bertz CT molecular complexity index is 566. The van der Waals surface area contributed by atoms with Gasteiger partial charge in [-0.1, -0.05) is 24.6 Å². The molecule has 0 radical (unpaired) electrons. The van der Waals surface area contributed by atoms with E-state index in [9.17, 15) is 4.79 Å². The third-order valence-corrected chi connectivity index (χ3v) is 3.23. The van der Waals surface area contributed by atoms with Gasteiger partial charge in [0, 0.05) is 12.1 Å². The van der Waals surface area contributed by atoms with Crippen LogP contribution in [0.5, 0.6) is 0 Å². The molecular weight excluding hydrogens is 272 g/mol. The standard InChI is InChI=1S/C14H22N4OS/c1-5-11(6-2)7-8-13(19)15-9-12-16-17-14(20)18(12)10(3)4/h5,7-8,10H,6,9H2,1-4H3,(H,15,19)(H,17,20)/b8-7+,11-5-. The van der Waals surface area contributed by atoms with Crippen LogP contribution in [0.4, 0.5) is 0 Å². The van der Waals surface area contributed by atoms with Gasteiger partial charge >= 0.3 is 0 Å². The summed E-state index contributed by atoms with van der Waals surface area (Å²) >= 11 is 5.16. The molecular formula is C14H22N4OS. The highest BCUT2D eigenvalue weighted by atomic mass is 32.1. The Morgan fingerprint density at radius 1 is 1.50 bits per heavy atom. The molecule has 1 aromatic heterocycles. The number of amides is 1. The molecule has 0 aromatic carbocycles. The van der Waals surface area contributed by atoms with Crippen molar-refractivity contribution in [1.82, 2.24) is 20.1 Å². The van der Waals surface area contributed by atoms with Crippen molar-refractivity contribution in [3.8, 4) is 0 Å². The maximum absolute atomic E-state index is 11.7. The first-order chi connectivity index (χ1) is 9.49. The number of hydrogen-bond donors (Lipinski definition) is 2. The van der Waals surface area contributed by atoms with Crippen molar-refractivity contribution in [2.24, 2.45) is 0 Å². The molecule has 110 valence electrons. The zero-order valence-corrected chi connectivity index (χ0v) is 13.3. The van der Waals surface area contributed by atoms with Gasteiger partial charge in [0.05, 0.1) is 6.54 Å². The number of carbonyl (C=O) groups excluding carboxylic acids is 1. The van der Waals surface area contributed by atoms with Gasteiger partial charge in [-0.2, -0.15) is 5.10 Å². The summed E-state index contributed by atoms with van der Waals surface area (Å²) in [7, 11) is 0. The molecule has 0 saturated heterocycles. The molecule has 2 N–H and O–H groups in total. The van der Waals surface area contributed by atoms with Gasteiger partial charge in [-0.15, -0.1) is 0 Å². The summed E-state index contributed by atoms with van der Waals surface area (Å²) in [4.78, 5) is 11.7. The first-order valence-electron chi connectivity index (χ1n) is 6.76. The van der Waals surface area contributed by atoms with Gasteiger partial charge in [-0.3, -0.25) is 9.89 Å². The van der Waals surface area contributed by atoms with Crippen LogP contribution in [-0.2, 0) is 11.3 Å². The quantitative estimate of drug-likeness (QED) is 0.481. The predicted molar refractivity (Wildman–Crippen MR) is 82.8 cm³/mol. The smallest absolute Gasteiger partial charge is 0.244 e. The Hall–Kier alpha value is -1.69. The molecule has 5 nitrogen and oxygen atoms in total. The monoisotopic (exact) mass is 294 g/mol. The van der Waals surface area contributed by atoms with Crippen LogP contribution < -0.4 is 5.32 Å². The average Bonchev–Trinajstić information content (AvgIpc) is 2.78. The summed E-state index contributed by atoms with van der Waals surface area (Å²) in [5.41, 5.74) is 1.13. The molecule has 0 fully saturated rings. The summed E-state index contributed by atoms with van der Waals surface area (Å²) in [6.07, 6.45) is 6.27. The number of nitrogens with zero attached hydrogens (tertiary/aromatic N) is 2. The number of nitrogens with one attached hydrogen (secondary N) is 2. The van der Waals surface area contributed by atoms with E-state index < -0.39 is 0 Å². The maximum Gasteiger partial charge on any atom is 0.244 e. The molecule has 0 aliphatic carbocycles. The van der Waals surface area contributed by atoms with Crippen LogP contribution >= 0.6 is 12.2 Å². The van der Waals surface area contributed by atoms with Crippen molar-refractivity contribution >= 4 is 18.1 Å². The van der Waals surface area contributed by atoms with Crippen LogP contribution in [0.2, 0.25) is 0 Å². The Labute approximate surface area is 124 Å². The minimum absolute atomic E-state index is 0.137. The molecule has 0 bridgehead atoms. The number of aromatic amines is 1.